The maximum absolute atomic E-state index is 11.3. The predicted molar refractivity (Wildman–Crippen MR) is 45.6 cm³/mol. The van der Waals surface area contributed by atoms with Crippen LogP contribution in [0.25, 0.3) is 0 Å². The molecule has 1 rings (SSSR count). The van der Waals surface area contributed by atoms with Crippen molar-refractivity contribution in [3.8, 4) is 0 Å². The molecule has 0 aliphatic carbocycles. The van der Waals surface area contributed by atoms with Crippen LogP contribution in [0.2, 0.25) is 0 Å². The van der Waals surface area contributed by atoms with Crippen LogP contribution in [0.15, 0.2) is 0 Å². The number of nitrogens with two attached hydrogens (primary N) is 1. The molecule has 0 radical (unpaired) electrons. The van der Waals surface area contributed by atoms with Crippen molar-refractivity contribution in [2.75, 3.05) is 6.54 Å². The molecule has 13 heavy (non-hydrogen) atoms. The summed E-state index contributed by atoms with van der Waals surface area (Å²) in [7, 11) is 0. The average Bonchev–Trinajstić information content (AvgIpc) is 2.46. The first-order chi connectivity index (χ1) is 6.06. The molecule has 0 aromatic heterocycles. The Kier molecular flexibility index (Phi) is 2.87. The highest BCUT2D eigenvalue weighted by Gasteiger charge is 2.36. The molecule has 5 nitrogen and oxygen atoms in total. The van der Waals surface area contributed by atoms with Crippen LogP contribution in [0.1, 0.15) is 19.8 Å². The smallest absolute Gasteiger partial charge is 0.240 e. The minimum absolute atomic E-state index is 0.139. The fraction of sp³-hybridized carbons (Fsp3) is 0.750. The lowest BCUT2D eigenvalue weighted by atomic mass is 10.2. The highest BCUT2D eigenvalue weighted by atomic mass is 16.3. The number of nitrogens with zero attached hydrogens (tertiary/aromatic N) is 1. The molecule has 0 aromatic rings. The Bertz CT molecular complexity index is 229. The summed E-state index contributed by atoms with van der Waals surface area (Å²) in [6, 6.07) is -0.623. The Balaban J connectivity index is 2.71. The SMILES string of the molecule is CCC(=O)N1C[C@H](O)C[C@H]1C(N)=O. The van der Waals surface area contributed by atoms with Crippen LogP contribution in [0, 0.1) is 0 Å². The van der Waals surface area contributed by atoms with E-state index in [1.165, 1.54) is 4.90 Å². The molecule has 0 bridgehead atoms. The number of hydrogen-bond donors (Lipinski definition) is 2. The van der Waals surface area contributed by atoms with E-state index in [2.05, 4.69) is 0 Å². The zero-order chi connectivity index (χ0) is 10.0. The molecule has 0 spiro atoms. The lowest BCUT2D eigenvalue weighted by molar-refractivity contribution is -0.137. The number of rotatable bonds is 2. The average molecular weight is 186 g/mol. The van der Waals surface area contributed by atoms with Crippen molar-refractivity contribution in [3.05, 3.63) is 0 Å². The zero-order valence-corrected chi connectivity index (χ0v) is 7.56. The summed E-state index contributed by atoms with van der Waals surface area (Å²) in [5.74, 6) is -0.682. The first-order valence-corrected chi connectivity index (χ1v) is 4.33. The molecule has 1 fully saturated rings. The molecule has 2 atom stereocenters. The molecular formula is C8H14N2O3. The van der Waals surface area contributed by atoms with Crippen LogP contribution in [-0.4, -0.2) is 40.5 Å². The standard InChI is InChI=1S/C8H14N2O3/c1-2-7(12)10-4-5(11)3-6(10)8(9)13/h5-6,11H,2-4H2,1H3,(H2,9,13)/t5-,6+/m1/s1. The number of amides is 2. The molecular weight excluding hydrogens is 172 g/mol. The van der Waals surface area contributed by atoms with Crippen LogP contribution in [0.5, 0.6) is 0 Å². The molecule has 0 unspecified atom stereocenters. The quantitative estimate of drug-likeness (QED) is 0.570. The van der Waals surface area contributed by atoms with Crippen LogP contribution in [-0.2, 0) is 9.59 Å². The second-order valence-corrected chi connectivity index (χ2v) is 3.21. The fourth-order valence-corrected chi connectivity index (χ4v) is 1.56. The number of β-amino-alcohol motifs (C(OH)–C–C–N with tert-alkyl or cyclic N) is 1. The van der Waals surface area contributed by atoms with Crippen molar-refractivity contribution in [1.29, 1.82) is 0 Å². The molecule has 1 aliphatic rings. The van der Waals surface area contributed by atoms with Gasteiger partial charge in [-0.1, -0.05) is 6.92 Å². The van der Waals surface area contributed by atoms with E-state index >= 15 is 0 Å². The van der Waals surface area contributed by atoms with Crippen LogP contribution >= 0.6 is 0 Å². The Morgan fingerprint density at radius 2 is 2.23 bits per heavy atom. The van der Waals surface area contributed by atoms with Gasteiger partial charge in [0.1, 0.15) is 6.04 Å². The van der Waals surface area contributed by atoms with Gasteiger partial charge in [0.05, 0.1) is 6.10 Å². The summed E-state index contributed by atoms with van der Waals surface area (Å²) in [6.07, 6.45) is -0.0228. The number of aliphatic hydroxyl groups is 1. The summed E-state index contributed by atoms with van der Waals surface area (Å²) in [5, 5.41) is 9.26. The fourth-order valence-electron chi connectivity index (χ4n) is 1.56. The van der Waals surface area contributed by atoms with E-state index in [4.69, 9.17) is 5.73 Å². The lowest BCUT2D eigenvalue weighted by Gasteiger charge is -2.20. The number of likely N-dealkylation sites (tertiary alicyclic amines) is 1. The van der Waals surface area contributed by atoms with Crippen LogP contribution in [0.4, 0.5) is 0 Å². The van der Waals surface area contributed by atoms with Crippen molar-refractivity contribution in [3.63, 3.8) is 0 Å². The first kappa shape index (κ1) is 9.98. The van der Waals surface area contributed by atoms with Gasteiger partial charge in [-0.2, -0.15) is 0 Å². The number of hydrogen-bond acceptors (Lipinski definition) is 3. The largest absolute Gasteiger partial charge is 0.391 e. The molecule has 1 heterocycles. The normalized spacial score (nSPS) is 27.7. The van der Waals surface area contributed by atoms with Gasteiger partial charge in [0.15, 0.2) is 0 Å². The van der Waals surface area contributed by atoms with Crippen molar-refractivity contribution < 1.29 is 14.7 Å². The Labute approximate surface area is 76.5 Å². The van der Waals surface area contributed by atoms with Gasteiger partial charge in [-0.3, -0.25) is 9.59 Å². The molecule has 1 saturated heterocycles. The Morgan fingerprint density at radius 1 is 1.62 bits per heavy atom. The van der Waals surface area contributed by atoms with E-state index < -0.39 is 18.1 Å². The monoisotopic (exact) mass is 186 g/mol. The molecule has 1 aliphatic heterocycles. The topological polar surface area (TPSA) is 83.6 Å². The summed E-state index contributed by atoms with van der Waals surface area (Å²) < 4.78 is 0. The van der Waals surface area contributed by atoms with E-state index in [0.29, 0.717) is 6.42 Å². The van der Waals surface area contributed by atoms with E-state index in [0.717, 1.165) is 0 Å². The number of primary amides is 1. The van der Waals surface area contributed by atoms with E-state index in [1.807, 2.05) is 0 Å². The number of aliphatic hydroxyl groups excluding tert-OH is 1. The maximum Gasteiger partial charge on any atom is 0.240 e. The van der Waals surface area contributed by atoms with E-state index in [9.17, 15) is 14.7 Å². The van der Waals surface area contributed by atoms with Crippen molar-refractivity contribution in [2.45, 2.75) is 31.9 Å². The van der Waals surface area contributed by atoms with Crippen LogP contribution < -0.4 is 5.73 Å². The maximum atomic E-state index is 11.3. The molecule has 0 saturated carbocycles. The summed E-state index contributed by atoms with van der Waals surface area (Å²) in [5.41, 5.74) is 5.10. The minimum Gasteiger partial charge on any atom is -0.391 e. The van der Waals surface area contributed by atoms with Gasteiger partial charge in [0.2, 0.25) is 11.8 Å². The lowest BCUT2D eigenvalue weighted by Crippen LogP contribution is -2.43. The highest BCUT2D eigenvalue weighted by molar-refractivity contribution is 5.87. The van der Waals surface area contributed by atoms with Gasteiger partial charge in [-0.05, 0) is 0 Å². The van der Waals surface area contributed by atoms with E-state index in [1.54, 1.807) is 6.92 Å². The van der Waals surface area contributed by atoms with Crippen molar-refractivity contribution >= 4 is 11.8 Å². The summed E-state index contributed by atoms with van der Waals surface area (Å²) >= 11 is 0. The molecule has 5 heteroatoms. The number of carbonyl (C=O) groups excluding carboxylic acids is 2. The molecule has 0 aromatic carbocycles. The van der Waals surface area contributed by atoms with Gasteiger partial charge in [0, 0.05) is 19.4 Å². The third-order valence-electron chi connectivity index (χ3n) is 2.23. The molecule has 3 N–H and O–H groups in total. The Morgan fingerprint density at radius 3 is 2.69 bits per heavy atom. The van der Waals surface area contributed by atoms with Gasteiger partial charge < -0.3 is 15.7 Å². The van der Waals surface area contributed by atoms with Gasteiger partial charge >= 0.3 is 0 Å². The summed E-state index contributed by atoms with van der Waals surface area (Å²) in [4.78, 5) is 23.5. The Hall–Kier alpha value is -1.10. The highest BCUT2D eigenvalue weighted by Crippen LogP contribution is 2.18. The van der Waals surface area contributed by atoms with Crippen molar-refractivity contribution in [1.82, 2.24) is 4.90 Å². The van der Waals surface area contributed by atoms with Crippen molar-refractivity contribution in [2.24, 2.45) is 5.73 Å². The third-order valence-corrected chi connectivity index (χ3v) is 2.23. The molecule has 74 valence electrons. The van der Waals surface area contributed by atoms with Gasteiger partial charge in [0.25, 0.3) is 0 Å². The number of carbonyl (C=O) groups is 2. The van der Waals surface area contributed by atoms with Gasteiger partial charge in [-0.25, -0.2) is 0 Å². The third kappa shape index (κ3) is 1.98. The first-order valence-electron chi connectivity index (χ1n) is 4.33. The predicted octanol–water partition coefficient (Wildman–Crippen LogP) is -1.16. The second kappa shape index (κ2) is 3.74. The second-order valence-electron chi connectivity index (χ2n) is 3.21. The van der Waals surface area contributed by atoms with Crippen LogP contribution in [0.3, 0.4) is 0 Å². The van der Waals surface area contributed by atoms with Gasteiger partial charge in [-0.15, -0.1) is 0 Å². The van der Waals surface area contributed by atoms with E-state index in [-0.39, 0.29) is 18.9 Å². The minimum atomic E-state index is -0.623. The summed E-state index contributed by atoms with van der Waals surface area (Å²) in [6.45, 7) is 1.94. The molecule has 2 amide bonds. The zero-order valence-electron chi connectivity index (χ0n) is 7.56.